The molecule has 2 aromatic carbocycles. The lowest BCUT2D eigenvalue weighted by Gasteiger charge is -2.35. The minimum absolute atomic E-state index is 0.533. The first-order valence-corrected chi connectivity index (χ1v) is 9.58. The SMILES string of the molecule is CCCCC(c1ccc(OCc2ccccc2)cc1)N1CCNCC1. The Hall–Kier alpha value is -1.84. The topological polar surface area (TPSA) is 24.5 Å². The number of unbranched alkanes of at least 4 members (excludes halogenated alkanes) is 1. The molecule has 0 aromatic heterocycles. The normalized spacial score (nSPS) is 16.5. The second-order valence-corrected chi connectivity index (χ2v) is 6.79. The van der Waals surface area contributed by atoms with Crippen LogP contribution < -0.4 is 10.1 Å². The summed E-state index contributed by atoms with van der Waals surface area (Å²) < 4.78 is 5.93. The summed E-state index contributed by atoms with van der Waals surface area (Å²) in [6.45, 7) is 7.37. The highest BCUT2D eigenvalue weighted by molar-refractivity contribution is 5.30. The molecule has 1 saturated heterocycles. The number of piperazine rings is 1. The molecule has 1 heterocycles. The van der Waals surface area contributed by atoms with E-state index < -0.39 is 0 Å². The van der Waals surface area contributed by atoms with Crippen LogP contribution in [0.1, 0.15) is 43.4 Å². The molecule has 3 heteroatoms. The smallest absolute Gasteiger partial charge is 0.119 e. The molecular weight excluding hydrogens is 308 g/mol. The molecule has 1 atom stereocenters. The predicted octanol–water partition coefficient (Wildman–Crippen LogP) is 4.40. The van der Waals surface area contributed by atoms with Gasteiger partial charge in [0.2, 0.25) is 0 Å². The zero-order valence-corrected chi connectivity index (χ0v) is 15.3. The van der Waals surface area contributed by atoms with Crippen LogP contribution >= 0.6 is 0 Å². The van der Waals surface area contributed by atoms with Gasteiger partial charge in [0.15, 0.2) is 0 Å². The molecule has 25 heavy (non-hydrogen) atoms. The average Bonchev–Trinajstić information content (AvgIpc) is 2.69. The Balaban J connectivity index is 1.63. The van der Waals surface area contributed by atoms with E-state index in [1.54, 1.807) is 0 Å². The van der Waals surface area contributed by atoms with Gasteiger partial charge in [-0.15, -0.1) is 0 Å². The monoisotopic (exact) mass is 338 g/mol. The van der Waals surface area contributed by atoms with Gasteiger partial charge < -0.3 is 10.1 Å². The van der Waals surface area contributed by atoms with Gasteiger partial charge >= 0.3 is 0 Å². The molecule has 0 spiro atoms. The highest BCUT2D eigenvalue weighted by Crippen LogP contribution is 2.28. The van der Waals surface area contributed by atoms with E-state index >= 15 is 0 Å². The molecule has 1 unspecified atom stereocenters. The molecule has 1 fully saturated rings. The Morgan fingerprint density at radius 3 is 2.40 bits per heavy atom. The zero-order chi connectivity index (χ0) is 17.3. The molecule has 134 valence electrons. The molecule has 3 nitrogen and oxygen atoms in total. The van der Waals surface area contributed by atoms with Crippen molar-refractivity contribution in [3.63, 3.8) is 0 Å². The van der Waals surface area contributed by atoms with Crippen molar-refractivity contribution in [3.05, 3.63) is 65.7 Å². The fourth-order valence-corrected chi connectivity index (χ4v) is 3.48. The lowest BCUT2D eigenvalue weighted by atomic mass is 9.98. The maximum absolute atomic E-state index is 5.93. The Morgan fingerprint density at radius 1 is 1.00 bits per heavy atom. The van der Waals surface area contributed by atoms with E-state index in [2.05, 4.69) is 53.5 Å². The molecule has 3 rings (SSSR count). The molecule has 0 amide bonds. The third-order valence-electron chi connectivity index (χ3n) is 4.94. The molecule has 1 N–H and O–H groups in total. The summed E-state index contributed by atoms with van der Waals surface area (Å²) in [5.74, 6) is 0.946. The Kier molecular flexibility index (Phi) is 6.89. The standard InChI is InChI=1S/C22H30N2O/c1-2-3-9-22(24-16-14-23-15-17-24)20-10-12-21(13-11-20)25-18-19-7-5-4-6-8-19/h4-8,10-13,22-23H,2-3,9,14-18H2,1H3. The van der Waals surface area contributed by atoms with E-state index in [4.69, 9.17) is 4.74 Å². The van der Waals surface area contributed by atoms with E-state index in [-0.39, 0.29) is 0 Å². The molecule has 0 radical (unpaired) electrons. The van der Waals surface area contributed by atoms with E-state index in [0.29, 0.717) is 12.6 Å². The fourth-order valence-electron chi connectivity index (χ4n) is 3.48. The second-order valence-electron chi connectivity index (χ2n) is 6.79. The van der Waals surface area contributed by atoms with Crippen LogP contribution in [0, 0.1) is 0 Å². The summed E-state index contributed by atoms with van der Waals surface area (Å²) in [6, 6.07) is 19.6. The van der Waals surface area contributed by atoms with E-state index in [1.165, 1.54) is 30.4 Å². The molecule has 0 bridgehead atoms. The third kappa shape index (κ3) is 5.32. The van der Waals surface area contributed by atoms with E-state index in [1.807, 2.05) is 18.2 Å². The van der Waals surface area contributed by atoms with Crippen molar-refractivity contribution < 1.29 is 4.74 Å². The summed E-state index contributed by atoms with van der Waals surface area (Å²) >= 11 is 0. The molecule has 1 aliphatic rings. The average molecular weight is 338 g/mol. The Morgan fingerprint density at radius 2 is 1.72 bits per heavy atom. The van der Waals surface area contributed by atoms with Gasteiger partial charge in [0.25, 0.3) is 0 Å². The zero-order valence-electron chi connectivity index (χ0n) is 15.3. The number of hydrogen-bond donors (Lipinski definition) is 1. The molecule has 1 aliphatic heterocycles. The molecule has 0 saturated carbocycles. The number of nitrogens with one attached hydrogen (secondary N) is 1. The van der Waals surface area contributed by atoms with Crippen LogP contribution in [0.4, 0.5) is 0 Å². The Bertz CT molecular complexity index is 606. The lowest BCUT2D eigenvalue weighted by molar-refractivity contribution is 0.163. The van der Waals surface area contributed by atoms with Crippen LogP contribution in [0.2, 0.25) is 0 Å². The quantitative estimate of drug-likeness (QED) is 0.772. The maximum Gasteiger partial charge on any atom is 0.119 e. The van der Waals surface area contributed by atoms with Crippen molar-refractivity contribution in [1.29, 1.82) is 0 Å². The van der Waals surface area contributed by atoms with Crippen LogP contribution in [0.3, 0.4) is 0 Å². The molecule has 2 aromatic rings. The highest BCUT2D eigenvalue weighted by atomic mass is 16.5. The van der Waals surface area contributed by atoms with Crippen LogP contribution in [-0.4, -0.2) is 31.1 Å². The predicted molar refractivity (Wildman–Crippen MR) is 104 cm³/mol. The number of ether oxygens (including phenoxy) is 1. The van der Waals surface area contributed by atoms with Crippen LogP contribution in [-0.2, 0) is 6.61 Å². The first kappa shape index (κ1) is 18.0. The van der Waals surface area contributed by atoms with Crippen LogP contribution in [0.5, 0.6) is 5.75 Å². The van der Waals surface area contributed by atoms with Crippen molar-refractivity contribution in [1.82, 2.24) is 10.2 Å². The van der Waals surface area contributed by atoms with Gasteiger partial charge in [-0.3, -0.25) is 4.90 Å². The number of benzene rings is 2. The fraction of sp³-hybridized carbons (Fsp3) is 0.455. The van der Waals surface area contributed by atoms with Gasteiger partial charge in [-0.25, -0.2) is 0 Å². The van der Waals surface area contributed by atoms with Crippen molar-refractivity contribution in [2.45, 2.75) is 38.8 Å². The van der Waals surface area contributed by atoms with Gasteiger partial charge in [0.05, 0.1) is 0 Å². The first-order chi connectivity index (χ1) is 12.4. The summed E-state index contributed by atoms with van der Waals surface area (Å²) in [4.78, 5) is 2.63. The largest absolute Gasteiger partial charge is 0.489 e. The van der Waals surface area contributed by atoms with E-state index in [9.17, 15) is 0 Å². The number of rotatable bonds is 8. The second kappa shape index (κ2) is 9.59. The minimum atomic E-state index is 0.533. The summed E-state index contributed by atoms with van der Waals surface area (Å²) in [5, 5.41) is 3.46. The number of hydrogen-bond acceptors (Lipinski definition) is 3. The molecule has 0 aliphatic carbocycles. The van der Waals surface area contributed by atoms with Gasteiger partial charge in [-0.2, -0.15) is 0 Å². The van der Waals surface area contributed by atoms with E-state index in [0.717, 1.165) is 31.9 Å². The van der Waals surface area contributed by atoms with Gasteiger partial charge in [0, 0.05) is 32.2 Å². The Labute approximate surface area is 152 Å². The first-order valence-electron chi connectivity index (χ1n) is 9.58. The lowest BCUT2D eigenvalue weighted by Crippen LogP contribution is -2.45. The van der Waals surface area contributed by atoms with Crippen LogP contribution in [0.15, 0.2) is 54.6 Å². The summed E-state index contributed by atoms with van der Waals surface area (Å²) in [6.07, 6.45) is 3.77. The number of nitrogens with zero attached hydrogens (tertiary/aromatic N) is 1. The van der Waals surface area contributed by atoms with Crippen molar-refractivity contribution in [2.24, 2.45) is 0 Å². The van der Waals surface area contributed by atoms with Crippen molar-refractivity contribution in [3.8, 4) is 5.75 Å². The molecular formula is C22H30N2O. The van der Waals surface area contributed by atoms with Crippen molar-refractivity contribution >= 4 is 0 Å². The highest BCUT2D eigenvalue weighted by Gasteiger charge is 2.21. The minimum Gasteiger partial charge on any atom is -0.489 e. The summed E-state index contributed by atoms with van der Waals surface area (Å²) in [5.41, 5.74) is 2.62. The van der Waals surface area contributed by atoms with Gasteiger partial charge in [-0.05, 0) is 29.7 Å². The summed E-state index contributed by atoms with van der Waals surface area (Å²) in [7, 11) is 0. The third-order valence-corrected chi connectivity index (χ3v) is 4.94. The van der Waals surface area contributed by atoms with Gasteiger partial charge in [-0.1, -0.05) is 62.2 Å². The van der Waals surface area contributed by atoms with Crippen LogP contribution in [0.25, 0.3) is 0 Å². The maximum atomic E-state index is 5.93. The van der Waals surface area contributed by atoms with Gasteiger partial charge in [0.1, 0.15) is 12.4 Å². The van der Waals surface area contributed by atoms with Crippen molar-refractivity contribution in [2.75, 3.05) is 26.2 Å².